The van der Waals surface area contributed by atoms with Gasteiger partial charge in [-0.05, 0) is 24.1 Å². The van der Waals surface area contributed by atoms with E-state index >= 15 is 0 Å². The van der Waals surface area contributed by atoms with E-state index < -0.39 is 0 Å². The summed E-state index contributed by atoms with van der Waals surface area (Å²) in [6, 6.07) is 17.8. The van der Waals surface area contributed by atoms with Crippen LogP contribution in [0.5, 0.6) is 0 Å². The third kappa shape index (κ3) is 4.86. The van der Waals surface area contributed by atoms with Crippen molar-refractivity contribution in [3.63, 3.8) is 0 Å². The van der Waals surface area contributed by atoms with Crippen molar-refractivity contribution in [3.05, 3.63) is 72.8 Å². The van der Waals surface area contributed by atoms with Crippen molar-refractivity contribution in [2.75, 3.05) is 17.2 Å². The minimum atomic E-state index is -0.00949. The summed E-state index contributed by atoms with van der Waals surface area (Å²) in [7, 11) is 0. The third-order valence-electron chi connectivity index (χ3n) is 4.11. The van der Waals surface area contributed by atoms with Crippen LogP contribution in [0, 0.1) is 0 Å². The number of hydrogen-bond acceptors (Lipinski definition) is 4. The molecule has 0 aliphatic rings. The fraction of sp³-hybridized carbons (Fsp3) is 0.190. The van der Waals surface area contributed by atoms with Gasteiger partial charge in [0, 0.05) is 17.8 Å². The summed E-state index contributed by atoms with van der Waals surface area (Å²) in [5.41, 5.74) is 3.12. The molecule has 27 heavy (non-hydrogen) atoms. The van der Waals surface area contributed by atoms with Crippen LogP contribution in [0.25, 0.3) is 11.4 Å². The SMILES string of the molecule is C=CCN(C(=O)CSc1n[nH]c(-c2ccc(CC)cc2)n1)c1ccccc1. The smallest absolute Gasteiger partial charge is 0.237 e. The molecule has 5 nitrogen and oxygen atoms in total. The van der Waals surface area contributed by atoms with E-state index in [1.165, 1.54) is 17.3 Å². The summed E-state index contributed by atoms with van der Waals surface area (Å²) in [5.74, 6) is 0.956. The van der Waals surface area contributed by atoms with Crippen LogP contribution in [0.15, 0.2) is 72.4 Å². The topological polar surface area (TPSA) is 61.9 Å². The zero-order chi connectivity index (χ0) is 19.1. The number of benzene rings is 2. The number of carbonyl (C=O) groups is 1. The molecule has 1 N–H and O–H groups in total. The molecule has 138 valence electrons. The molecule has 3 aromatic rings. The van der Waals surface area contributed by atoms with Crippen molar-refractivity contribution < 1.29 is 4.79 Å². The van der Waals surface area contributed by atoms with Gasteiger partial charge in [0.1, 0.15) is 0 Å². The largest absolute Gasteiger partial charge is 0.308 e. The van der Waals surface area contributed by atoms with E-state index in [2.05, 4.69) is 40.8 Å². The predicted molar refractivity (Wildman–Crippen MR) is 111 cm³/mol. The summed E-state index contributed by atoms with van der Waals surface area (Å²) in [4.78, 5) is 18.8. The summed E-state index contributed by atoms with van der Waals surface area (Å²) in [6.07, 6.45) is 2.73. The van der Waals surface area contributed by atoms with Gasteiger partial charge < -0.3 is 4.90 Å². The quantitative estimate of drug-likeness (QED) is 0.468. The van der Waals surface area contributed by atoms with E-state index in [0.717, 1.165) is 17.7 Å². The summed E-state index contributed by atoms with van der Waals surface area (Å²) in [5, 5.41) is 7.73. The summed E-state index contributed by atoms with van der Waals surface area (Å²) < 4.78 is 0. The molecule has 6 heteroatoms. The second-order valence-electron chi connectivity index (χ2n) is 5.93. The molecular weight excluding hydrogens is 356 g/mol. The Labute approximate surface area is 163 Å². The zero-order valence-corrected chi connectivity index (χ0v) is 16.1. The van der Waals surface area contributed by atoms with Gasteiger partial charge in [0.15, 0.2) is 5.82 Å². The maximum absolute atomic E-state index is 12.6. The number of aromatic amines is 1. The van der Waals surface area contributed by atoms with E-state index in [1.54, 1.807) is 11.0 Å². The Morgan fingerprint density at radius 3 is 2.59 bits per heavy atom. The first kappa shape index (κ1) is 18.9. The van der Waals surface area contributed by atoms with E-state index in [4.69, 9.17) is 0 Å². The van der Waals surface area contributed by atoms with Crippen LogP contribution in [0.1, 0.15) is 12.5 Å². The third-order valence-corrected chi connectivity index (χ3v) is 4.94. The molecule has 0 bridgehead atoms. The molecule has 0 radical (unpaired) electrons. The highest BCUT2D eigenvalue weighted by Gasteiger charge is 2.16. The monoisotopic (exact) mass is 378 g/mol. The first-order chi connectivity index (χ1) is 13.2. The van der Waals surface area contributed by atoms with Crippen LogP contribution in [0.2, 0.25) is 0 Å². The van der Waals surface area contributed by atoms with E-state index in [1.807, 2.05) is 42.5 Å². The van der Waals surface area contributed by atoms with Crippen molar-refractivity contribution in [2.24, 2.45) is 0 Å². The molecule has 1 amide bonds. The maximum Gasteiger partial charge on any atom is 0.237 e. The molecule has 0 aliphatic heterocycles. The number of hydrogen-bond donors (Lipinski definition) is 1. The van der Waals surface area contributed by atoms with Gasteiger partial charge in [-0.15, -0.1) is 11.7 Å². The summed E-state index contributed by atoms with van der Waals surface area (Å²) in [6.45, 7) is 6.34. The Balaban J connectivity index is 1.64. The van der Waals surface area contributed by atoms with Crippen LogP contribution in [0.4, 0.5) is 5.69 Å². The lowest BCUT2D eigenvalue weighted by Gasteiger charge is -2.20. The molecule has 0 spiro atoms. The standard InChI is InChI=1S/C21H22N4OS/c1-3-14-25(18-8-6-5-7-9-18)19(26)15-27-21-22-20(23-24-21)17-12-10-16(4-2)11-13-17/h3,5-13H,1,4,14-15H2,2H3,(H,22,23,24). The van der Waals surface area contributed by atoms with E-state index in [0.29, 0.717) is 17.5 Å². The van der Waals surface area contributed by atoms with Crippen LogP contribution in [-0.4, -0.2) is 33.4 Å². The Morgan fingerprint density at radius 1 is 1.19 bits per heavy atom. The van der Waals surface area contributed by atoms with Gasteiger partial charge in [0.25, 0.3) is 0 Å². The number of amides is 1. The fourth-order valence-corrected chi connectivity index (χ4v) is 3.31. The molecule has 1 heterocycles. The molecule has 0 aliphatic carbocycles. The number of rotatable bonds is 8. The van der Waals surface area contributed by atoms with Gasteiger partial charge in [-0.25, -0.2) is 4.98 Å². The van der Waals surface area contributed by atoms with Gasteiger partial charge in [-0.1, -0.05) is 67.2 Å². The van der Waals surface area contributed by atoms with Gasteiger partial charge in [0.2, 0.25) is 11.1 Å². The number of H-pyrrole nitrogens is 1. The number of thioether (sulfide) groups is 1. The minimum absolute atomic E-state index is 0.00949. The van der Waals surface area contributed by atoms with Crippen LogP contribution >= 0.6 is 11.8 Å². The van der Waals surface area contributed by atoms with Crippen molar-refractivity contribution in [3.8, 4) is 11.4 Å². The van der Waals surface area contributed by atoms with Crippen LogP contribution in [0.3, 0.4) is 0 Å². The van der Waals surface area contributed by atoms with Crippen molar-refractivity contribution in [1.82, 2.24) is 15.2 Å². The van der Waals surface area contributed by atoms with Crippen LogP contribution < -0.4 is 4.90 Å². The normalized spacial score (nSPS) is 10.6. The molecule has 0 atom stereocenters. The van der Waals surface area contributed by atoms with Gasteiger partial charge >= 0.3 is 0 Å². The highest BCUT2D eigenvalue weighted by Crippen LogP contribution is 2.21. The lowest BCUT2D eigenvalue weighted by Crippen LogP contribution is -2.32. The Kier molecular flexibility index (Phi) is 6.44. The molecule has 2 aromatic carbocycles. The zero-order valence-electron chi connectivity index (χ0n) is 15.3. The lowest BCUT2D eigenvalue weighted by atomic mass is 10.1. The Bertz CT molecular complexity index is 890. The predicted octanol–water partition coefficient (Wildman–Crippen LogP) is 4.35. The Morgan fingerprint density at radius 2 is 1.93 bits per heavy atom. The van der Waals surface area contributed by atoms with Crippen molar-refractivity contribution in [1.29, 1.82) is 0 Å². The average molecular weight is 379 g/mol. The first-order valence-electron chi connectivity index (χ1n) is 8.82. The Hall–Kier alpha value is -2.86. The first-order valence-corrected chi connectivity index (χ1v) is 9.80. The fourth-order valence-electron chi connectivity index (χ4n) is 2.63. The molecule has 0 saturated heterocycles. The molecule has 3 rings (SSSR count). The molecule has 0 saturated carbocycles. The molecule has 0 fully saturated rings. The number of nitrogens with one attached hydrogen (secondary N) is 1. The number of para-hydroxylation sites is 1. The number of nitrogens with zero attached hydrogens (tertiary/aromatic N) is 3. The highest BCUT2D eigenvalue weighted by molar-refractivity contribution is 7.99. The minimum Gasteiger partial charge on any atom is -0.308 e. The molecule has 1 aromatic heterocycles. The number of carbonyl (C=O) groups excluding carboxylic acids is 1. The number of aryl methyl sites for hydroxylation is 1. The maximum atomic E-state index is 12.6. The molecular formula is C21H22N4OS. The number of anilines is 1. The summed E-state index contributed by atoms with van der Waals surface area (Å²) >= 11 is 1.32. The van der Waals surface area contributed by atoms with Crippen molar-refractivity contribution in [2.45, 2.75) is 18.5 Å². The lowest BCUT2D eigenvalue weighted by molar-refractivity contribution is -0.116. The highest BCUT2D eigenvalue weighted by atomic mass is 32.2. The average Bonchev–Trinajstić information content (AvgIpc) is 3.20. The number of aromatic nitrogens is 3. The van der Waals surface area contributed by atoms with E-state index in [9.17, 15) is 4.79 Å². The van der Waals surface area contributed by atoms with Gasteiger partial charge in [0.05, 0.1) is 5.75 Å². The second kappa shape index (κ2) is 9.19. The van der Waals surface area contributed by atoms with E-state index in [-0.39, 0.29) is 11.7 Å². The van der Waals surface area contributed by atoms with Gasteiger partial charge in [-0.2, -0.15) is 0 Å². The van der Waals surface area contributed by atoms with Gasteiger partial charge in [-0.3, -0.25) is 9.89 Å². The van der Waals surface area contributed by atoms with Crippen molar-refractivity contribution >= 4 is 23.4 Å². The second-order valence-corrected chi connectivity index (χ2v) is 6.88. The molecule has 0 unspecified atom stereocenters. The van der Waals surface area contributed by atoms with Crippen LogP contribution in [-0.2, 0) is 11.2 Å².